The SMILES string of the molecule is C=C(C(=O)OC)c1cc(C(C)(C)N)[nH]c1C(=C)N. The molecule has 1 aromatic heterocycles. The maximum absolute atomic E-state index is 11.5. The van der Waals surface area contributed by atoms with E-state index in [9.17, 15) is 4.79 Å². The molecule has 0 amide bonds. The molecule has 0 saturated carbocycles. The van der Waals surface area contributed by atoms with Gasteiger partial charge in [-0.1, -0.05) is 13.2 Å². The largest absolute Gasteiger partial charge is 0.465 e. The highest BCUT2D eigenvalue weighted by Gasteiger charge is 2.23. The first-order valence-electron chi connectivity index (χ1n) is 5.43. The second kappa shape index (κ2) is 4.70. The summed E-state index contributed by atoms with van der Waals surface area (Å²) in [5.41, 5.74) is 13.5. The second-order valence-electron chi connectivity index (χ2n) is 4.69. The summed E-state index contributed by atoms with van der Waals surface area (Å²) in [4.78, 5) is 14.6. The van der Waals surface area contributed by atoms with Crippen LogP contribution in [0.1, 0.15) is 30.8 Å². The Morgan fingerprint density at radius 2 is 2.00 bits per heavy atom. The Morgan fingerprint density at radius 1 is 1.44 bits per heavy atom. The molecule has 0 radical (unpaired) electrons. The first-order valence-corrected chi connectivity index (χ1v) is 5.43. The van der Waals surface area contributed by atoms with E-state index in [1.807, 2.05) is 13.8 Å². The average Bonchev–Trinajstić information content (AvgIpc) is 2.71. The summed E-state index contributed by atoms with van der Waals surface area (Å²) >= 11 is 0. The van der Waals surface area contributed by atoms with E-state index in [4.69, 9.17) is 11.5 Å². The Hall–Kier alpha value is -2.01. The quantitative estimate of drug-likeness (QED) is 0.554. The van der Waals surface area contributed by atoms with E-state index in [0.29, 0.717) is 17.0 Å². The number of aromatic nitrogens is 1. The van der Waals surface area contributed by atoms with Crippen molar-refractivity contribution in [3.05, 3.63) is 36.2 Å². The Kier molecular flexibility index (Phi) is 3.67. The van der Waals surface area contributed by atoms with Crippen LogP contribution in [0.15, 0.2) is 19.2 Å². The van der Waals surface area contributed by atoms with Crippen LogP contribution < -0.4 is 11.5 Å². The number of nitrogens with one attached hydrogen (secondary N) is 1. The van der Waals surface area contributed by atoms with Crippen molar-refractivity contribution in [1.29, 1.82) is 0 Å². The fraction of sp³-hybridized carbons (Fsp3) is 0.308. The van der Waals surface area contributed by atoms with Crippen molar-refractivity contribution in [2.24, 2.45) is 11.5 Å². The number of esters is 1. The van der Waals surface area contributed by atoms with E-state index in [1.165, 1.54) is 7.11 Å². The molecule has 5 N–H and O–H groups in total. The third-order valence-corrected chi connectivity index (χ3v) is 2.59. The third-order valence-electron chi connectivity index (χ3n) is 2.59. The molecule has 0 aliphatic carbocycles. The number of carbonyl (C=O) groups excluding carboxylic acids is 1. The van der Waals surface area contributed by atoms with Crippen LogP contribution in [0.5, 0.6) is 0 Å². The van der Waals surface area contributed by atoms with Crippen molar-refractivity contribution in [3.63, 3.8) is 0 Å². The minimum absolute atomic E-state index is 0.214. The normalized spacial score (nSPS) is 11.1. The predicted octanol–water partition coefficient (Wildman–Crippen LogP) is 1.32. The van der Waals surface area contributed by atoms with Gasteiger partial charge in [0.1, 0.15) is 0 Å². The molecule has 0 aromatic carbocycles. The first-order chi connectivity index (χ1) is 8.18. The van der Waals surface area contributed by atoms with E-state index in [-0.39, 0.29) is 5.57 Å². The van der Waals surface area contributed by atoms with Gasteiger partial charge in [0.15, 0.2) is 0 Å². The lowest BCUT2D eigenvalue weighted by molar-refractivity contribution is -0.133. The van der Waals surface area contributed by atoms with Crippen molar-refractivity contribution in [1.82, 2.24) is 4.98 Å². The van der Waals surface area contributed by atoms with Crippen molar-refractivity contribution >= 4 is 17.2 Å². The van der Waals surface area contributed by atoms with Gasteiger partial charge in [-0.25, -0.2) is 4.79 Å². The summed E-state index contributed by atoms with van der Waals surface area (Å²) in [7, 11) is 1.30. The van der Waals surface area contributed by atoms with Crippen molar-refractivity contribution in [2.45, 2.75) is 19.4 Å². The maximum atomic E-state index is 11.5. The van der Waals surface area contributed by atoms with Crippen LogP contribution in [0.25, 0.3) is 11.3 Å². The third kappa shape index (κ3) is 2.62. The van der Waals surface area contributed by atoms with E-state index in [1.54, 1.807) is 6.07 Å². The molecule has 18 heavy (non-hydrogen) atoms. The lowest BCUT2D eigenvalue weighted by Gasteiger charge is -2.16. The van der Waals surface area contributed by atoms with Gasteiger partial charge in [-0.2, -0.15) is 0 Å². The highest BCUT2D eigenvalue weighted by molar-refractivity contribution is 6.16. The minimum atomic E-state index is -0.584. The molecule has 0 spiro atoms. The van der Waals surface area contributed by atoms with Crippen LogP contribution in [0.4, 0.5) is 0 Å². The lowest BCUT2D eigenvalue weighted by Crippen LogP contribution is -2.29. The molecule has 5 heteroatoms. The number of aromatic amines is 1. The van der Waals surface area contributed by atoms with Crippen LogP contribution in [0, 0.1) is 0 Å². The van der Waals surface area contributed by atoms with Crippen LogP contribution in [-0.2, 0) is 15.1 Å². The average molecular weight is 249 g/mol. The zero-order valence-electron chi connectivity index (χ0n) is 11.0. The van der Waals surface area contributed by atoms with Gasteiger partial charge in [-0.15, -0.1) is 0 Å². The molecule has 0 unspecified atom stereocenters. The molecule has 0 saturated heterocycles. The molecule has 1 rings (SSSR count). The topological polar surface area (TPSA) is 94.1 Å². The molecular weight excluding hydrogens is 230 g/mol. The zero-order valence-corrected chi connectivity index (χ0v) is 11.0. The molecule has 0 fully saturated rings. The number of hydrogen-bond acceptors (Lipinski definition) is 4. The zero-order chi connectivity index (χ0) is 14.1. The van der Waals surface area contributed by atoms with Crippen molar-refractivity contribution < 1.29 is 9.53 Å². The number of hydrogen-bond donors (Lipinski definition) is 3. The van der Waals surface area contributed by atoms with Crippen molar-refractivity contribution in [3.8, 4) is 0 Å². The standard InChI is InChI=1S/C13H19N3O2/c1-7(12(17)18-5)9-6-10(13(3,4)15)16-11(9)8(2)14/h6,16H,1-2,14-15H2,3-5H3. The Labute approximate surface area is 107 Å². The second-order valence-corrected chi connectivity index (χ2v) is 4.69. The van der Waals surface area contributed by atoms with Crippen LogP contribution in [0.2, 0.25) is 0 Å². The Bertz CT molecular complexity index is 507. The predicted molar refractivity (Wildman–Crippen MR) is 72.3 cm³/mol. The number of rotatable bonds is 4. The van der Waals surface area contributed by atoms with E-state index in [0.717, 1.165) is 5.69 Å². The lowest BCUT2D eigenvalue weighted by atomic mass is 10.0. The maximum Gasteiger partial charge on any atom is 0.337 e. The molecule has 0 atom stereocenters. The minimum Gasteiger partial charge on any atom is -0.465 e. The number of ether oxygens (including phenoxy) is 1. The van der Waals surface area contributed by atoms with Gasteiger partial charge < -0.3 is 21.2 Å². The van der Waals surface area contributed by atoms with Gasteiger partial charge in [0.2, 0.25) is 0 Å². The molecule has 1 aromatic rings. The fourth-order valence-corrected chi connectivity index (χ4v) is 1.53. The summed E-state index contributed by atoms with van der Waals surface area (Å²) in [6.45, 7) is 11.0. The Morgan fingerprint density at radius 3 is 2.39 bits per heavy atom. The summed E-state index contributed by atoms with van der Waals surface area (Å²) in [6.07, 6.45) is 0. The first kappa shape index (κ1) is 14.1. The van der Waals surface area contributed by atoms with Gasteiger partial charge in [0.25, 0.3) is 0 Å². The summed E-state index contributed by atoms with van der Waals surface area (Å²) in [6, 6.07) is 1.74. The van der Waals surface area contributed by atoms with Crippen LogP contribution in [-0.4, -0.2) is 18.1 Å². The smallest absolute Gasteiger partial charge is 0.337 e. The van der Waals surface area contributed by atoms with E-state index >= 15 is 0 Å². The number of nitrogens with two attached hydrogens (primary N) is 2. The molecule has 5 nitrogen and oxygen atoms in total. The molecular formula is C13H19N3O2. The highest BCUT2D eigenvalue weighted by Crippen LogP contribution is 2.27. The monoisotopic (exact) mass is 249 g/mol. The molecule has 0 aliphatic heterocycles. The molecule has 0 aliphatic rings. The molecule has 98 valence electrons. The van der Waals surface area contributed by atoms with E-state index < -0.39 is 11.5 Å². The van der Waals surface area contributed by atoms with E-state index in [2.05, 4.69) is 22.9 Å². The fourth-order valence-electron chi connectivity index (χ4n) is 1.53. The van der Waals surface area contributed by atoms with Crippen LogP contribution >= 0.6 is 0 Å². The highest BCUT2D eigenvalue weighted by atomic mass is 16.5. The summed E-state index contributed by atoms with van der Waals surface area (Å²) in [5.74, 6) is -0.516. The molecule has 0 bridgehead atoms. The summed E-state index contributed by atoms with van der Waals surface area (Å²) < 4.78 is 4.64. The van der Waals surface area contributed by atoms with Gasteiger partial charge in [0.05, 0.1) is 23.9 Å². The van der Waals surface area contributed by atoms with Crippen molar-refractivity contribution in [2.75, 3.05) is 7.11 Å². The number of H-pyrrole nitrogens is 1. The molecule has 1 heterocycles. The number of methoxy groups -OCH3 is 1. The van der Waals surface area contributed by atoms with Gasteiger partial charge in [-0.3, -0.25) is 0 Å². The van der Waals surface area contributed by atoms with Gasteiger partial charge in [0, 0.05) is 17.0 Å². The Balaban J connectivity index is 3.34. The van der Waals surface area contributed by atoms with Gasteiger partial charge >= 0.3 is 5.97 Å². The van der Waals surface area contributed by atoms with Crippen LogP contribution in [0.3, 0.4) is 0 Å². The van der Waals surface area contributed by atoms with Gasteiger partial charge in [-0.05, 0) is 19.9 Å². The summed E-state index contributed by atoms with van der Waals surface area (Å²) in [5, 5.41) is 0. The number of carbonyl (C=O) groups is 1.